The van der Waals surface area contributed by atoms with Gasteiger partial charge >= 0.3 is 0 Å². The van der Waals surface area contributed by atoms with Crippen LogP contribution in [0.1, 0.15) is 49.3 Å². The van der Waals surface area contributed by atoms with Gasteiger partial charge in [0.2, 0.25) is 6.41 Å². The Hall–Kier alpha value is -2.90. The van der Waals surface area contributed by atoms with E-state index in [0.29, 0.717) is 23.5 Å². The van der Waals surface area contributed by atoms with Gasteiger partial charge in [0, 0.05) is 23.5 Å². The minimum absolute atomic E-state index is 0.00279. The molecular formula is C28H31BrN2O4. The number of benzene rings is 2. The molecule has 0 unspecified atom stereocenters. The van der Waals surface area contributed by atoms with Gasteiger partial charge in [0.1, 0.15) is 17.1 Å². The summed E-state index contributed by atoms with van der Waals surface area (Å²) in [7, 11) is 1.60. The summed E-state index contributed by atoms with van der Waals surface area (Å²) in [6.07, 6.45) is 5.57. The first-order valence-electron chi connectivity index (χ1n) is 11.9. The Labute approximate surface area is 215 Å². The highest BCUT2D eigenvalue weighted by Gasteiger charge is 2.69. The van der Waals surface area contributed by atoms with Gasteiger partial charge in [-0.05, 0) is 49.9 Å². The maximum atomic E-state index is 12.2. The molecule has 0 saturated heterocycles. The Morgan fingerprint density at radius 3 is 2.40 bits per heavy atom. The van der Waals surface area contributed by atoms with Crippen LogP contribution in [0, 0.1) is 0 Å². The third-order valence-corrected chi connectivity index (χ3v) is 7.65. The molecule has 7 heteroatoms. The molecule has 1 saturated carbocycles. The van der Waals surface area contributed by atoms with E-state index in [4.69, 9.17) is 9.47 Å². The maximum absolute atomic E-state index is 12.2. The van der Waals surface area contributed by atoms with Crippen LogP contribution in [0.5, 0.6) is 11.5 Å². The van der Waals surface area contributed by atoms with Gasteiger partial charge in [-0.15, -0.1) is 0 Å². The third kappa shape index (κ3) is 4.21. The van der Waals surface area contributed by atoms with Crippen molar-refractivity contribution >= 4 is 22.3 Å². The number of hydrogen-bond acceptors (Lipinski definition) is 5. The van der Waals surface area contributed by atoms with Crippen molar-refractivity contribution in [3.05, 3.63) is 88.2 Å². The highest BCUT2D eigenvalue weighted by molar-refractivity contribution is 9.10. The van der Waals surface area contributed by atoms with Crippen molar-refractivity contribution in [2.24, 2.45) is 0 Å². The largest absolute Gasteiger partial charge is 0.495 e. The number of methoxy groups -OCH3 is 1. The van der Waals surface area contributed by atoms with Crippen LogP contribution in [-0.2, 0) is 16.0 Å². The molecule has 0 spiro atoms. The standard InChI is InChI=1S/C23H20BrNO3.C5H11NO/c1-27-19-13-25-14-20-21(19)22(26)12-11-18(15-5-3-2-4-6-15)23(22,28-20)16-7-9-17(24)10-8-16;1-3-6(4-2)5-7/h2-10,13-14,18,26H,11-12H2,1H3;5H,3-4H2,1-2H3/t18-,22+,23-;/m0./s1. The molecule has 0 bridgehead atoms. The maximum Gasteiger partial charge on any atom is 0.209 e. The Kier molecular flexibility index (Phi) is 7.47. The predicted octanol–water partition coefficient (Wildman–Crippen LogP) is 5.39. The van der Waals surface area contributed by atoms with Crippen molar-refractivity contribution in [3.8, 4) is 11.5 Å². The number of pyridine rings is 1. The van der Waals surface area contributed by atoms with E-state index < -0.39 is 11.2 Å². The molecule has 3 atom stereocenters. The molecule has 5 rings (SSSR count). The predicted molar refractivity (Wildman–Crippen MR) is 139 cm³/mol. The molecule has 2 heterocycles. The quantitative estimate of drug-likeness (QED) is 0.426. The number of aromatic nitrogens is 1. The van der Waals surface area contributed by atoms with Crippen molar-refractivity contribution < 1.29 is 19.4 Å². The fraction of sp³-hybridized carbons (Fsp3) is 0.357. The van der Waals surface area contributed by atoms with Gasteiger partial charge in [0.15, 0.2) is 5.60 Å². The lowest BCUT2D eigenvalue weighted by molar-refractivity contribution is -0.117. The zero-order chi connectivity index (χ0) is 25.1. The Bertz CT molecular complexity index is 1150. The Morgan fingerprint density at radius 2 is 1.83 bits per heavy atom. The van der Waals surface area contributed by atoms with Crippen molar-refractivity contribution in [1.82, 2.24) is 9.88 Å². The van der Waals surface area contributed by atoms with E-state index >= 15 is 0 Å². The fourth-order valence-electron chi connectivity index (χ4n) is 5.39. The molecule has 1 aromatic heterocycles. The second kappa shape index (κ2) is 10.4. The number of nitrogens with zero attached hydrogens (tertiary/aromatic N) is 2. The molecule has 1 amide bonds. The molecular weight excluding hydrogens is 508 g/mol. The van der Waals surface area contributed by atoms with E-state index in [9.17, 15) is 9.90 Å². The van der Waals surface area contributed by atoms with Gasteiger partial charge < -0.3 is 19.5 Å². The van der Waals surface area contributed by atoms with Crippen LogP contribution in [0.2, 0.25) is 0 Å². The van der Waals surface area contributed by atoms with E-state index in [2.05, 4.69) is 33.0 Å². The third-order valence-electron chi connectivity index (χ3n) is 7.12. The lowest BCUT2D eigenvalue weighted by Crippen LogP contribution is -2.48. The number of halogens is 1. The summed E-state index contributed by atoms with van der Waals surface area (Å²) in [6.45, 7) is 5.55. The summed E-state index contributed by atoms with van der Waals surface area (Å²) >= 11 is 3.52. The number of amides is 1. The Balaban J connectivity index is 0.000000364. The minimum Gasteiger partial charge on any atom is -0.495 e. The summed E-state index contributed by atoms with van der Waals surface area (Å²) < 4.78 is 13.2. The average Bonchev–Trinajstić information content (AvgIpc) is 3.33. The molecule has 1 aliphatic heterocycles. The molecule has 2 aromatic carbocycles. The van der Waals surface area contributed by atoms with Crippen LogP contribution in [0.25, 0.3) is 0 Å². The molecule has 1 N–H and O–H groups in total. The van der Waals surface area contributed by atoms with Gasteiger partial charge in [0.25, 0.3) is 0 Å². The zero-order valence-corrected chi connectivity index (χ0v) is 21.9. The van der Waals surface area contributed by atoms with E-state index in [0.717, 1.165) is 41.5 Å². The lowest BCUT2D eigenvalue weighted by Gasteiger charge is -2.40. The lowest BCUT2D eigenvalue weighted by atomic mass is 9.72. The molecule has 35 heavy (non-hydrogen) atoms. The number of carbonyl (C=O) groups excluding carboxylic acids is 1. The first-order valence-corrected chi connectivity index (χ1v) is 12.7. The van der Waals surface area contributed by atoms with Gasteiger partial charge in [-0.3, -0.25) is 9.78 Å². The summed E-state index contributed by atoms with van der Waals surface area (Å²) in [5.74, 6) is 1.15. The molecule has 184 valence electrons. The average molecular weight is 539 g/mol. The van der Waals surface area contributed by atoms with Crippen molar-refractivity contribution in [2.45, 2.75) is 43.8 Å². The van der Waals surface area contributed by atoms with Crippen LogP contribution in [-0.4, -0.2) is 41.6 Å². The second-order valence-electron chi connectivity index (χ2n) is 8.75. The van der Waals surface area contributed by atoms with Gasteiger partial charge in [-0.2, -0.15) is 0 Å². The molecule has 1 fully saturated rings. The van der Waals surface area contributed by atoms with Crippen LogP contribution < -0.4 is 9.47 Å². The summed E-state index contributed by atoms with van der Waals surface area (Å²) in [4.78, 5) is 15.8. The van der Waals surface area contributed by atoms with E-state index in [1.807, 2.05) is 56.3 Å². The molecule has 6 nitrogen and oxygen atoms in total. The van der Waals surface area contributed by atoms with Crippen molar-refractivity contribution in [2.75, 3.05) is 20.2 Å². The minimum atomic E-state index is -1.20. The molecule has 0 radical (unpaired) electrons. The van der Waals surface area contributed by atoms with E-state index in [1.54, 1.807) is 24.4 Å². The first-order chi connectivity index (χ1) is 16.9. The number of hydrogen-bond donors (Lipinski definition) is 1. The molecule has 2 aliphatic rings. The van der Waals surface area contributed by atoms with Crippen LogP contribution in [0.4, 0.5) is 0 Å². The number of carbonyl (C=O) groups is 1. The Morgan fingerprint density at radius 1 is 1.14 bits per heavy atom. The number of ether oxygens (including phenoxy) is 2. The van der Waals surface area contributed by atoms with Crippen LogP contribution >= 0.6 is 15.9 Å². The fourth-order valence-corrected chi connectivity index (χ4v) is 5.65. The highest BCUT2D eigenvalue weighted by atomic mass is 79.9. The summed E-state index contributed by atoms with van der Waals surface area (Å²) in [5, 5.41) is 12.2. The van der Waals surface area contributed by atoms with E-state index in [-0.39, 0.29) is 5.92 Å². The summed E-state index contributed by atoms with van der Waals surface area (Å²) in [5.41, 5.74) is 0.661. The molecule has 3 aromatic rings. The monoisotopic (exact) mass is 538 g/mol. The van der Waals surface area contributed by atoms with Gasteiger partial charge in [0.05, 0.1) is 25.1 Å². The second-order valence-corrected chi connectivity index (χ2v) is 9.66. The first kappa shape index (κ1) is 25.2. The van der Waals surface area contributed by atoms with Crippen LogP contribution in [0.15, 0.2) is 71.5 Å². The number of rotatable bonds is 6. The van der Waals surface area contributed by atoms with E-state index in [1.165, 1.54) is 0 Å². The van der Waals surface area contributed by atoms with Gasteiger partial charge in [-0.1, -0.05) is 58.4 Å². The van der Waals surface area contributed by atoms with Crippen molar-refractivity contribution in [3.63, 3.8) is 0 Å². The highest BCUT2D eigenvalue weighted by Crippen LogP contribution is 2.67. The van der Waals surface area contributed by atoms with Crippen molar-refractivity contribution in [1.29, 1.82) is 0 Å². The smallest absolute Gasteiger partial charge is 0.209 e. The van der Waals surface area contributed by atoms with Crippen LogP contribution in [0.3, 0.4) is 0 Å². The SMILES string of the molecule is CCN(C=O)CC.COc1cncc2c1[C@]1(O)CC[C@@H](c3ccccc3)[C@]1(c1ccc(Br)cc1)O2. The number of aliphatic hydroxyl groups is 1. The topological polar surface area (TPSA) is 71.9 Å². The summed E-state index contributed by atoms with van der Waals surface area (Å²) in [6, 6.07) is 18.3. The normalized spacial score (nSPS) is 23.9. The molecule has 1 aliphatic carbocycles. The van der Waals surface area contributed by atoms with Gasteiger partial charge in [-0.25, -0.2) is 0 Å². The zero-order valence-electron chi connectivity index (χ0n) is 20.3. The number of fused-ring (bicyclic) bond motifs is 3.